The number of aryl methyl sites for hydroxylation is 2. The number of likely N-dealkylation sites (tertiary alicyclic amines) is 1. The summed E-state index contributed by atoms with van der Waals surface area (Å²) in [7, 11) is 1.86. The van der Waals surface area contributed by atoms with Gasteiger partial charge in [-0.05, 0) is 37.0 Å². The summed E-state index contributed by atoms with van der Waals surface area (Å²) in [5.41, 5.74) is 5.53. The summed E-state index contributed by atoms with van der Waals surface area (Å²) in [6.07, 6.45) is 2.02. The first kappa shape index (κ1) is 21.3. The number of nitrogens with zero attached hydrogens (tertiary/aromatic N) is 4. The molecule has 31 heavy (non-hydrogen) atoms. The summed E-state index contributed by atoms with van der Waals surface area (Å²) in [6.45, 7) is 8.40. The number of rotatable bonds is 4. The first-order valence-corrected chi connectivity index (χ1v) is 11.0. The summed E-state index contributed by atoms with van der Waals surface area (Å²) in [4.78, 5) is 38.1. The van der Waals surface area contributed by atoms with Crippen LogP contribution in [0.25, 0.3) is 0 Å². The van der Waals surface area contributed by atoms with E-state index in [0.717, 1.165) is 47.8 Å². The van der Waals surface area contributed by atoms with Crippen LogP contribution in [0.5, 0.6) is 0 Å². The smallest absolute Gasteiger partial charge is 0.227 e. The lowest BCUT2D eigenvalue weighted by Crippen LogP contribution is -2.38. The molecule has 0 spiro atoms. The molecule has 1 N–H and O–H groups in total. The van der Waals surface area contributed by atoms with Crippen LogP contribution in [0.4, 0.5) is 5.82 Å². The van der Waals surface area contributed by atoms with Crippen LogP contribution >= 0.6 is 0 Å². The van der Waals surface area contributed by atoms with Crippen LogP contribution in [0.2, 0.25) is 0 Å². The summed E-state index contributed by atoms with van der Waals surface area (Å²) in [5, 5.41) is 3.21. The fourth-order valence-corrected chi connectivity index (χ4v) is 4.49. The minimum Gasteiger partial charge on any atom is -0.373 e. The van der Waals surface area contributed by atoms with E-state index in [9.17, 15) is 9.59 Å². The third-order valence-corrected chi connectivity index (χ3v) is 6.59. The van der Waals surface area contributed by atoms with Gasteiger partial charge in [0.25, 0.3) is 0 Å². The van der Waals surface area contributed by atoms with Gasteiger partial charge in [0.1, 0.15) is 11.6 Å². The molecule has 1 aromatic heterocycles. The standard InChI is InChI=1S/C24H31N5O2/c1-15-5-6-18(11-16(15)2)12-22(31)29-10-8-21-20(14-29)24(25-4)27-23(26-21)19-7-9-28(13-19)17(3)30/h5-6,11,19H,7-10,12-14H2,1-4H3,(H,25,26,27)/t19-/m0/s1. The molecule has 0 bridgehead atoms. The third kappa shape index (κ3) is 4.40. The number of hydrogen-bond acceptors (Lipinski definition) is 5. The predicted molar refractivity (Wildman–Crippen MR) is 120 cm³/mol. The molecule has 2 aromatic rings. The Hall–Kier alpha value is -2.96. The van der Waals surface area contributed by atoms with Crippen molar-refractivity contribution in [2.24, 2.45) is 0 Å². The van der Waals surface area contributed by atoms with Gasteiger partial charge >= 0.3 is 0 Å². The quantitative estimate of drug-likeness (QED) is 0.821. The predicted octanol–water partition coefficient (Wildman–Crippen LogP) is 2.60. The fourth-order valence-electron chi connectivity index (χ4n) is 4.49. The molecule has 0 saturated carbocycles. The zero-order valence-electron chi connectivity index (χ0n) is 18.9. The van der Waals surface area contributed by atoms with E-state index >= 15 is 0 Å². The Bertz CT molecular complexity index is 1000. The average Bonchev–Trinajstić information content (AvgIpc) is 3.26. The summed E-state index contributed by atoms with van der Waals surface area (Å²) in [5.74, 6) is 2.01. The third-order valence-electron chi connectivity index (χ3n) is 6.59. The Kier molecular flexibility index (Phi) is 5.94. The highest BCUT2D eigenvalue weighted by molar-refractivity contribution is 5.79. The molecule has 1 atom stereocenters. The molecule has 7 nitrogen and oxygen atoms in total. The Morgan fingerprint density at radius 1 is 1.13 bits per heavy atom. The van der Waals surface area contributed by atoms with E-state index in [0.29, 0.717) is 26.1 Å². The van der Waals surface area contributed by atoms with Crippen molar-refractivity contribution in [1.82, 2.24) is 19.8 Å². The van der Waals surface area contributed by atoms with Crippen LogP contribution in [0.3, 0.4) is 0 Å². The topological polar surface area (TPSA) is 78.4 Å². The first-order valence-electron chi connectivity index (χ1n) is 11.0. The maximum absolute atomic E-state index is 13.0. The molecule has 1 aromatic carbocycles. The second kappa shape index (κ2) is 8.65. The van der Waals surface area contributed by atoms with Gasteiger partial charge in [-0.3, -0.25) is 9.59 Å². The van der Waals surface area contributed by atoms with Crippen LogP contribution < -0.4 is 5.32 Å². The number of anilines is 1. The SMILES string of the molecule is CNc1nc([C@H]2CCN(C(C)=O)C2)nc2c1CN(C(=O)Cc1ccc(C)c(C)c1)CC2. The lowest BCUT2D eigenvalue weighted by molar-refractivity contribution is -0.131. The molecule has 0 aliphatic carbocycles. The van der Waals surface area contributed by atoms with Gasteiger partial charge in [-0.25, -0.2) is 9.97 Å². The van der Waals surface area contributed by atoms with E-state index in [1.165, 1.54) is 11.1 Å². The zero-order chi connectivity index (χ0) is 22.1. The summed E-state index contributed by atoms with van der Waals surface area (Å²) >= 11 is 0. The van der Waals surface area contributed by atoms with E-state index in [1.54, 1.807) is 6.92 Å². The lowest BCUT2D eigenvalue weighted by Gasteiger charge is -2.30. The molecule has 7 heteroatoms. The molecule has 1 saturated heterocycles. The molecule has 2 aliphatic heterocycles. The fraction of sp³-hybridized carbons (Fsp3) is 0.500. The second-order valence-electron chi connectivity index (χ2n) is 8.72. The summed E-state index contributed by atoms with van der Waals surface area (Å²) < 4.78 is 0. The highest BCUT2D eigenvalue weighted by Gasteiger charge is 2.31. The van der Waals surface area contributed by atoms with Crippen LogP contribution in [0, 0.1) is 13.8 Å². The van der Waals surface area contributed by atoms with E-state index < -0.39 is 0 Å². The number of nitrogens with one attached hydrogen (secondary N) is 1. The second-order valence-corrected chi connectivity index (χ2v) is 8.72. The Balaban J connectivity index is 1.50. The van der Waals surface area contributed by atoms with Gasteiger partial charge in [0.2, 0.25) is 11.8 Å². The van der Waals surface area contributed by atoms with Crippen molar-refractivity contribution in [2.45, 2.75) is 52.5 Å². The number of fused-ring (bicyclic) bond motifs is 1. The van der Waals surface area contributed by atoms with Crippen molar-refractivity contribution in [2.75, 3.05) is 32.0 Å². The van der Waals surface area contributed by atoms with Crippen molar-refractivity contribution < 1.29 is 9.59 Å². The minimum absolute atomic E-state index is 0.104. The Labute approximate surface area is 183 Å². The number of aromatic nitrogens is 2. The van der Waals surface area contributed by atoms with Crippen molar-refractivity contribution in [1.29, 1.82) is 0 Å². The van der Waals surface area contributed by atoms with E-state index in [2.05, 4.69) is 31.3 Å². The van der Waals surface area contributed by atoms with E-state index in [1.807, 2.05) is 22.9 Å². The van der Waals surface area contributed by atoms with E-state index in [-0.39, 0.29) is 17.7 Å². The maximum Gasteiger partial charge on any atom is 0.227 e. The van der Waals surface area contributed by atoms with Crippen molar-refractivity contribution in [3.63, 3.8) is 0 Å². The zero-order valence-corrected chi connectivity index (χ0v) is 18.9. The number of benzene rings is 1. The molecule has 3 heterocycles. The Morgan fingerprint density at radius 2 is 1.94 bits per heavy atom. The number of carbonyl (C=O) groups excluding carboxylic acids is 2. The average molecular weight is 422 g/mol. The molecule has 4 rings (SSSR count). The van der Waals surface area contributed by atoms with Gasteiger partial charge < -0.3 is 15.1 Å². The highest BCUT2D eigenvalue weighted by Crippen LogP contribution is 2.30. The molecule has 0 radical (unpaired) electrons. The van der Waals surface area contributed by atoms with Gasteiger partial charge in [0, 0.05) is 51.5 Å². The maximum atomic E-state index is 13.0. The summed E-state index contributed by atoms with van der Waals surface area (Å²) in [6, 6.07) is 6.22. The molecular formula is C24H31N5O2. The van der Waals surface area contributed by atoms with Crippen LogP contribution in [-0.4, -0.2) is 58.3 Å². The van der Waals surface area contributed by atoms with Crippen LogP contribution in [-0.2, 0) is 29.0 Å². The van der Waals surface area contributed by atoms with E-state index in [4.69, 9.17) is 9.97 Å². The number of amides is 2. The monoisotopic (exact) mass is 421 g/mol. The highest BCUT2D eigenvalue weighted by atomic mass is 16.2. The normalized spacial score (nSPS) is 18.1. The largest absolute Gasteiger partial charge is 0.373 e. The van der Waals surface area contributed by atoms with Crippen molar-refractivity contribution in [3.8, 4) is 0 Å². The molecule has 164 valence electrons. The molecule has 2 aliphatic rings. The van der Waals surface area contributed by atoms with Crippen LogP contribution in [0.1, 0.15) is 53.0 Å². The molecule has 2 amide bonds. The minimum atomic E-state index is 0.104. The Morgan fingerprint density at radius 3 is 2.61 bits per heavy atom. The lowest BCUT2D eigenvalue weighted by atomic mass is 10.0. The molecular weight excluding hydrogens is 390 g/mol. The van der Waals surface area contributed by atoms with Gasteiger partial charge in [0.15, 0.2) is 0 Å². The molecule has 0 unspecified atom stereocenters. The van der Waals surface area contributed by atoms with Gasteiger partial charge in [-0.1, -0.05) is 18.2 Å². The van der Waals surface area contributed by atoms with Crippen molar-refractivity contribution in [3.05, 3.63) is 52.0 Å². The molecule has 1 fully saturated rings. The number of hydrogen-bond donors (Lipinski definition) is 1. The van der Waals surface area contributed by atoms with Crippen molar-refractivity contribution >= 4 is 17.6 Å². The number of carbonyl (C=O) groups is 2. The van der Waals surface area contributed by atoms with Gasteiger partial charge in [-0.2, -0.15) is 0 Å². The van der Waals surface area contributed by atoms with Crippen LogP contribution in [0.15, 0.2) is 18.2 Å². The first-order chi connectivity index (χ1) is 14.9. The van der Waals surface area contributed by atoms with Gasteiger partial charge in [-0.15, -0.1) is 0 Å². The van der Waals surface area contributed by atoms with Gasteiger partial charge in [0.05, 0.1) is 18.7 Å².